The molecule has 1 aromatic heterocycles. The molecule has 0 fully saturated rings. The van der Waals surface area contributed by atoms with Gasteiger partial charge in [-0.1, -0.05) is 42.1 Å². The second-order valence-corrected chi connectivity index (χ2v) is 8.36. The molecule has 0 atom stereocenters. The zero-order chi connectivity index (χ0) is 19.5. The number of fused-ring (bicyclic) bond motifs is 1. The van der Waals surface area contributed by atoms with Crippen molar-refractivity contribution in [3.05, 3.63) is 92.3 Å². The number of aromatic nitrogens is 2. The fourth-order valence-corrected chi connectivity index (χ4v) is 4.38. The second kappa shape index (κ2) is 8.36. The van der Waals surface area contributed by atoms with Crippen LogP contribution >= 0.6 is 34.4 Å². The molecule has 1 heterocycles. The Balaban J connectivity index is 1.85. The Hall–Kier alpha value is -2.32. The Kier molecular flexibility index (Phi) is 5.68. The van der Waals surface area contributed by atoms with E-state index in [1.807, 2.05) is 60.7 Å². The number of rotatable bonds is 5. The maximum atomic E-state index is 13.3. The predicted octanol–water partition coefficient (Wildman–Crippen LogP) is 5.29. The van der Waals surface area contributed by atoms with E-state index in [9.17, 15) is 4.79 Å². The van der Waals surface area contributed by atoms with Gasteiger partial charge in [0.1, 0.15) is 5.75 Å². The molecule has 0 N–H and O–H groups in total. The SMILES string of the molecule is COc1ccc(-n2c(SCc3ccccc3)nc3ccc(I)cc3c2=O)cc1. The van der Waals surface area contributed by atoms with Gasteiger partial charge in [-0.25, -0.2) is 4.98 Å². The van der Waals surface area contributed by atoms with Crippen LogP contribution in [-0.2, 0) is 5.75 Å². The van der Waals surface area contributed by atoms with Crippen LogP contribution in [0.15, 0.2) is 82.7 Å². The lowest BCUT2D eigenvalue weighted by Crippen LogP contribution is -2.21. The van der Waals surface area contributed by atoms with Gasteiger partial charge in [-0.15, -0.1) is 0 Å². The van der Waals surface area contributed by atoms with E-state index < -0.39 is 0 Å². The molecule has 0 aliphatic rings. The third kappa shape index (κ3) is 3.93. The van der Waals surface area contributed by atoms with Crippen molar-refractivity contribution >= 4 is 45.3 Å². The summed E-state index contributed by atoms with van der Waals surface area (Å²) in [6, 6.07) is 23.4. The lowest BCUT2D eigenvalue weighted by atomic mass is 10.2. The van der Waals surface area contributed by atoms with Gasteiger partial charge in [-0.3, -0.25) is 9.36 Å². The summed E-state index contributed by atoms with van der Waals surface area (Å²) >= 11 is 3.77. The predicted molar refractivity (Wildman–Crippen MR) is 123 cm³/mol. The Bertz CT molecular complexity index is 1170. The lowest BCUT2D eigenvalue weighted by Gasteiger charge is -2.14. The summed E-state index contributed by atoms with van der Waals surface area (Å²) in [4.78, 5) is 18.1. The van der Waals surface area contributed by atoms with Crippen LogP contribution in [0.5, 0.6) is 5.75 Å². The maximum Gasteiger partial charge on any atom is 0.266 e. The molecule has 0 saturated carbocycles. The first-order valence-corrected chi connectivity index (χ1v) is 10.8. The average molecular weight is 500 g/mol. The van der Waals surface area contributed by atoms with Gasteiger partial charge in [0.2, 0.25) is 0 Å². The van der Waals surface area contributed by atoms with E-state index in [2.05, 4.69) is 34.7 Å². The smallest absolute Gasteiger partial charge is 0.266 e. The van der Waals surface area contributed by atoms with E-state index in [4.69, 9.17) is 9.72 Å². The summed E-state index contributed by atoms with van der Waals surface area (Å²) in [6.07, 6.45) is 0. The number of hydrogen-bond acceptors (Lipinski definition) is 4. The number of benzene rings is 3. The Morgan fingerprint density at radius 1 is 1.04 bits per heavy atom. The molecule has 4 nitrogen and oxygen atoms in total. The van der Waals surface area contributed by atoms with Crippen LogP contribution in [0.4, 0.5) is 0 Å². The highest BCUT2D eigenvalue weighted by molar-refractivity contribution is 14.1. The van der Waals surface area contributed by atoms with Gasteiger partial charge in [0.25, 0.3) is 5.56 Å². The van der Waals surface area contributed by atoms with Crippen LogP contribution in [0.3, 0.4) is 0 Å². The first-order valence-electron chi connectivity index (χ1n) is 8.69. The van der Waals surface area contributed by atoms with Crippen LogP contribution in [0.1, 0.15) is 5.56 Å². The Morgan fingerprint density at radius 2 is 1.79 bits per heavy atom. The molecule has 3 aromatic carbocycles. The summed E-state index contributed by atoms with van der Waals surface area (Å²) in [5.74, 6) is 1.48. The number of halogens is 1. The fraction of sp³-hybridized carbons (Fsp3) is 0.0909. The minimum absolute atomic E-state index is 0.0655. The molecule has 28 heavy (non-hydrogen) atoms. The molecule has 6 heteroatoms. The fourth-order valence-electron chi connectivity index (χ4n) is 2.92. The van der Waals surface area contributed by atoms with E-state index in [1.54, 1.807) is 23.4 Å². The maximum absolute atomic E-state index is 13.3. The first-order chi connectivity index (χ1) is 13.7. The number of methoxy groups -OCH3 is 1. The third-order valence-electron chi connectivity index (χ3n) is 4.34. The van der Waals surface area contributed by atoms with Crippen molar-refractivity contribution in [1.82, 2.24) is 9.55 Å². The summed E-state index contributed by atoms with van der Waals surface area (Å²) in [6.45, 7) is 0. The third-order valence-corrected chi connectivity index (χ3v) is 6.02. The van der Waals surface area contributed by atoms with Crippen molar-refractivity contribution in [1.29, 1.82) is 0 Å². The molecular formula is C22H17IN2O2S. The van der Waals surface area contributed by atoms with Crippen LogP contribution in [-0.4, -0.2) is 16.7 Å². The Labute approximate surface area is 180 Å². The highest BCUT2D eigenvalue weighted by Gasteiger charge is 2.14. The molecule has 4 rings (SSSR count). The summed E-state index contributed by atoms with van der Waals surface area (Å²) in [5, 5.41) is 1.29. The van der Waals surface area contributed by atoms with E-state index in [0.717, 1.165) is 20.8 Å². The van der Waals surface area contributed by atoms with Crippen molar-refractivity contribution in [2.75, 3.05) is 7.11 Å². The van der Waals surface area contributed by atoms with Gasteiger partial charge >= 0.3 is 0 Å². The zero-order valence-corrected chi connectivity index (χ0v) is 18.1. The van der Waals surface area contributed by atoms with Gasteiger partial charge in [0.05, 0.1) is 23.7 Å². The van der Waals surface area contributed by atoms with Crippen LogP contribution in [0.2, 0.25) is 0 Å². The molecule has 0 bridgehead atoms. The summed E-state index contributed by atoms with van der Waals surface area (Å²) in [5.41, 5.74) is 2.61. The van der Waals surface area contributed by atoms with E-state index in [1.165, 1.54) is 5.56 Å². The number of thioether (sulfide) groups is 1. The Morgan fingerprint density at radius 3 is 2.50 bits per heavy atom. The molecule has 0 radical (unpaired) electrons. The molecule has 0 saturated heterocycles. The molecule has 4 aromatic rings. The van der Waals surface area contributed by atoms with E-state index in [0.29, 0.717) is 16.1 Å². The highest BCUT2D eigenvalue weighted by atomic mass is 127. The number of nitrogens with zero attached hydrogens (tertiary/aromatic N) is 2. The quantitative estimate of drug-likeness (QED) is 0.212. The standard InChI is InChI=1S/C22H17IN2O2S/c1-27-18-10-8-17(9-11-18)25-21(26)19-13-16(23)7-12-20(19)24-22(25)28-14-15-5-3-2-4-6-15/h2-13H,14H2,1H3. The van der Waals surface area contributed by atoms with Crippen molar-refractivity contribution in [3.8, 4) is 11.4 Å². The van der Waals surface area contributed by atoms with Crippen molar-refractivity contribution in [3.63, 3.8) is 0 Å². The lowest BCUT2D eigenvalue weighted by molar-refractivity contribution is 0.414. The van der Waals surface area contributed by atoms with E-state index >= 15 is 0 Å². The molecule has 0 aliphatic carbocycles. The topological polar surface area (TPSA) is 44.1 Å². The average Bonchev–Trinajstić information content (AvgIpc) is 2.74. The molecule has 0 spiro atoms. The van der Waals surface area contributed by atoms with E-state index in [-0.39, 0.29) is 5.56 Å². The molecule has 140 valence electrons. The van der Waals surface area contributed by atoms with Gasteiger partial charge < -0.3 is 4.74 Å². The van der Waals surface area contributed by atoms with Crippen LogP contribution < -0.4 is 10.3 Å². The van der Waals surface area contributed by atoms with Gasteiger partial charge in [-0.05, 0) is 70.6 Å². The molecule has 0 aliphatic heterocycles. The highest BCUT2D eigenvalue weighted by Crippen LogP contribution is 2.26. The van der Waals surface area contributed by atoms with Gasteiger partial charge in [0.15, 0.2) is 5.16 Å². The summed E-state index contributed by atoms with van der Waals surface area (Å²) < 4.78 is 7.94. The van der Waals surface area contributed by atoms with Gasteiger partial charge in [0, 0.05) is 9.32 Å². The van der Waals surface area contributed by atoms with Gasteiger partial charge in [-0.2, -0.15) is 0 Å². The normalized spacial score (nSPS) is 10.9. The number of ether oxygens (including phenoxy) is 1. The monoisotopic (exact) mass is 500 g/mol. The van der Waals surface area contributed by atoms with Crippen LogP contribution in [0, 0.1) is 3.57 Å². The first kappa shape index (κ1) is 19.0. The largest absolute Gasteiger partial charge is 0.497 e. The van der Waals surface area contributed by atoms with Crippen molar-refractivity contribution in [2.45, 2.75) is 10.9 Å². The summed E-state index contributed by atoms with van der Waals surface area (Å²) in [7, 11) is 1.63. The number of hydrogen-bond donors (Lipinski definition) is 0. The molecule has 0 amide bonds. The minimum atomic E-state index is -0.0655. The minimum Gasteiger partial charge on any atom is -0.497 e. The van der Waals surface area contributed by atoms with Crippen molar-refractivity contribution < 1.29 is 4.74 Å². The zero-order valence-electron chi connectivity index (χ0n) is 15.1. The molecular weight excluding hydrogens is 483 g/mol. The van der Waals surface area contributed by atoms with Crippen LogP contribution in [0.25, 0.3) is 16.6 Å². The second-order valence-electron chi connectivity index (χ2n) is 6.17. The van der Waals surface area contributed by atoms with Crippen molar-refractivity contribution in [2.24, 2.45) is 0 Å². The molecule has 0 unspecified atom stereocenters.